The summed E-state index contributed by atoms with van der Waals surface area (Å²) < 4.78 is 5.79. The number of fused-ring (bicyclic) bond motifs is 1. The second-order valence-corrected chi connectivity index (χ2v) is 7.68. The Balaban J connectivity index is 1.54. The smallest absolute Gasteiger partial charge is 0.173 e. The normalized spacial score (nSPS) is 10.8. The molecule has 0 fully saturated rings. The molecule has 0 amide bonds. The van der Waals surface area contributed by atoms with E-state index in [0.29, 0.717) is 16.4 Å². The second kappa shape index (κ2) is 9.07. The van der Waals surface area contributed by atoms with Crippen LogP contribution in [0.2, 0.25) is 5.02 Å². The Morgan fingerprint density at radius 2 is 1.62 bits per heavy atom. The minimum atomic E-state index is 0.0245. The number of ether oxygens (including phenoxy) is 1. The van der Waals surface area contributed by atoms with Gasteiger partial charge in [0.2, 0.25) is 0 Å². The second-order valence-electron chi connectivity index (χ2n) is 6.28. The lowest BCUT2D eigenvalue weighted by Gasteiger charge is -2.09. The van der Waals surface area contributed by atoms with E-state index in [2.05, 4.69) is 9.97 Å². The molecule has 144 valence electrons. The Hall–Kier alpha value is -2.89. The molecule has 0 atom stereocenters. The van der Waals surface area contributed by atoms with Crippen LogP contribution < -0.4 is 4.74 Å². The zero-order valence-electron chi connectivity index (χ0n) is 15.4. The zero-order chi connectivity index (χ0) is 20.1. The quantitative estimate of drug-likeness (QED) is 0.213. The third-order valence-electron chi connectivity index (χ3n) is 4.23. The average molecular weight is 421 g/mol. The number of para-hydroxylation sites is 2. The van der Waals surface area contributed by atoms with Crippen molar-refractivity contribution < 1.29 is 9.53 Å². The molecular weight excluding hydrogens is 404 g/mol. The summed E-state index contributed by atoms with van der Waals surface area (Å²) in [7, 11) is 0. The van der Waals surface area contributed by atoms with E-state index in [0.717, 1.165) is 21.7 Å². The molecule has 0 spiro atoms. The number of aromatic nitrogens is 2. The number of ketones is 1. The summed E-state index contributed by atoms with van der Waals surface area (Å²) in [5, 5.41) is 2.30. The van der Waals surface area contributed by atoms with Gasteiger partial charge < -0.3 is 4.74 Å². The van der Waals surface area contributed by atoms with Gasteiger partial charge >= 0.3 is 0 Å². The summed E-state index contributed by atoms with van der Waals surface area (Å²) >= 11 is 7.30. The number of Topliss-reactive ketones (excluding diaryl/α,β-unsaturated/α-hetero) is 1. The van der Waals surface area contributed by atoms with Gasteiger partial charge in [0.15, 0.2) is 11.6 Å². The first-order chi connectivity index (χ1) is 14.2. The van der Waals surface area contributed by atoms with Crippen molar-refractivity contribution in [3.05, 3.63) is 95.3 Å². The zero-order valence-corrected chi connectivity index (χ0v) is 17.0. The highest BCUT2D eigenvalue weighted by atomic mass is 35.5. The topological polar surface area (TPSA) is 52.1 Å². The Labute approximate surface area is 177 Å². The molecule has 3 aromatic carbocycles. The number of carbonyl (C=O) groups is 1. The van der Waals surface area contributed by atoms with Crippen LogP contribution in [0.25, 0.3) is 10.9 Å². The lowest BCUT2D eigenvalue weighted by Crippen LogP contribution is -2.05. The molecule has 0 bridgehead atoms. The first-order valence-corrected chi connectivity index (χ1v) is 10.4. The number of rotatable bonds is 7. The molecule has 4 nitrogen and oxygen atoms in total. The van der Waals surface area contributed by atoms with Gasteiger partial charge in [0, 0.05) is 16.0 Å². The highest BCUT2D eigenvalue weighted by Crippen LogP contribution is 2.26. The molecule has 6 heteroatoms. The molecule has 29 heavy (non-hydrogen) atoms. The van der Waals surface area contributed by atoms with Crippen molar-refractivity contribution >= 4 is 40.0 Å². The molecular formula is C23H17ClN2O2S. The van der Waals surface area contributed by atoms with Crippen LogP contribution in [0.5, 0.6) is 5.75 Å². The predicted octanol–water partition coefficient (Wildman–Crippen LogP) is 5.84. The molecule has 0 N–H and O–H groups in total. The molecule has 1 aromatic heterocycles. The molecule has 0 aliphatic heterocycles. The van der Waals surface area contributed by atoms with E-state index in [1.54, 1.807) is 24.3 Å². The minimum Gasteiger partial charge on any atom is -0.486 e. The minimum absolute atomic E-state index is 0.0245. The number of nitrogens with zero attached hydrogens (tertiary/aromatic N) is 2. The maximum atomic E-state index is 12.5. The van der Waals surface area contributed by atoms with E-state index in [1.165, 1.54) is 11.8 Å². The van der Waals surface area contributed by atoms with Crippen molar-refractivity contribution in [2.75, 3.05) is 5.75 Å². The van der Waals surface area contributed by atoms with Crippen LogP contribution in [-0.2, 0) is 6.61 Å². The van der Waals surface area contributed by atoms with Crippen LogP contribution in [0.15, 0.2) is 83.9 Å². The lowest BCUT2D eigenvalue weighted by molar-refractivity contribution is 0.102. The Kier molecular flexibility index (Phi) is 6.08. The van der Waals surface area contributed by atoms with Gasteiger partial charge in [0.25, 0.3) is 0 Å². The Morgan fingerprint density at radius 1 is 0.897 bits per heavy atom. The summed E-state index contributed by atoms with van der Waals surface area (Å²) in [5.41, 5.74) is 1.46. The number of carbonyl (C=O) groups excluding carboxylic acids is 1. The SMILES string of the molecule is O=C(CSc1nc(COc2ccccc2)nc2ccccc12)c1ccc(Cl)cc1. The molecule has 0 saturated carbocycles. The first-order valence-electron chi connectivity index (χ1n) is 9.04. The van der Waals surface area contributed by atoms with Crippen molar-refractivity contribution in [1.29, 1.82) is 0 Å². The van der Waals surface area contributed by atoms with Crippen molar-refractivity contribution in [3.8, 4) is 5.75 Å². The van der Waals surface area contributed by atoms with Crippen LogP contribution in [-0.4, -0.2) is 21.5 Å². The predicted molar refractivity (Wildman–Crippen MR) is 117 cm³/mol. The van der Waals surface area contributed by atoms with E-state index in [-0.39, 0.29) is 18.1 Å². The fourth-order valence-corrected chi connectivity index (χ4v) is 3.84. The third kappa shape index (κ3) is 4.94. The largest absolute Gasteiger partial charge is 0.486 e. The Morgan fingerprint density at radius 3 is 2.41 bits per heavy atom. The van der Waals surface area contributed by atoms with Gasteiger partial charge in [0.05, 0.1) is 11.3 Å². The number of thioether (sulfide) groups is 1. The lowest BCUT2D eigenvalue weighted by atomic mass is 10.1. The molecule has 0 saturated heterocycles. The number of halogens is 1. The van der Waals surface area contributed by atoms with Crippen LogP contribution in [0.1, 0.15) is 16.2 Å². The van der Waals surface area contributed by atoms with Crippen molar-refractivity contribution in [2.45, 2.75) is 11.6 Å². The third-order valence-corrected chi connectivity index (χ3v) is 5.48. The van der Waals surface area contributed by atoms with Crippen molar-refractivity contribution in [1.82, 2.24) is 9.97 Å². The summed E-state index contributed by atoms with van der Waals surface area (Å²) in [6.45, 7) is 0.257. The van der Waals surface area contributed by atoms with Crippen molar-refractivity contribution in [2.24, 2.45) is 0 Å². The van der Waals surface area contributed by atoms with Gasteiger partial charge in [-0.05, 0) is 42.5 Å². The summed E-state index contributed by atoms with van der Waals surface area (Å²) in [6, 6.07) is 24.2. The maximum Gasteiger partial charge on any atom is 0.173 e. The number of hydrogen-bond acceptors (Lipinski definition) is 5. The number of hydrogen-bond donors (Lipinski definition) is 0. The monoisotopic (exact) mass is 420 g/mol. The van der Waals surface area contributed by atoms with Gasteiger partial charge in [-0.3, -0.25) is 4.79 Å². The highest BCUT2D eigenvalue weighted by Gasteiger charge is 2.12. The van der Waals surface area contributed by atoms with E-state index >= 15 is 0 Å². The van der Waals surface area contributed by atoms with Crippen molar-refractivity contribution in [3.63, 3.8) is 0 Å². The van der Waals surface area contributed by atoms with Crippen LogP contribution in [0, 0.1) is 0 Å². The van der Waals surface area contributed by atoms with E-state index in [1.807, 2.05) is 54.6 Å². The van der Waals surface area contributed by atoms with E-state index in [4.69, 9.17) is 16.3 Å². The highest BCUT2D eigenvalue weighted by molar-refractivity contribution is 8.00. The summed E-state index contributed by atoms with van der Waals surface area (Å²) in [4.78, 5) is 21.8. The van der Waals surface area contributed by atoms with Gasteiger partial charge in [-0.2, -0.15) is 0 Å². The maximum absolute atomic E-state index is 12.5. The standard InChI is InChI=1S/C23H17ClN2O2S/c24-17-12-10-16(11-13-17)21(27)15-29-23-19-8-4-5-9-20(19)25-22(26-23)14-28-18-6-2-1-3-7-18/h1-13H,14-15H2. The van der Waals surface area contributed by atoms with Crippen LogP contribution >= 0.6 is 23.4 Å². The molecule has 4 aromatic rings. The fourth-order valence-electron chi connectivity index (χ4n) is 2.79. The van der Waals surface area contributed by atoms with Gasteiger partial charge in [-0.1, -0.05) is 59.8 Å². The van der Waals surface area contributed by atoms with Crippen LogP contribution in [0.3, 0.4) is 0 Å². The average Bonchev–Trinajstić information content (AvgIpc) is 2.77. The number of benzene rings is 3. The van der Waals surface area contributed by atoms with Crippen LogP contribution in [0.4, 0.5) is 0 Å². The Bertz CT molecular complexity index is 1130. The van der Waals surface area contributed by atoms with Gasteiger partial charge in [0.1, 0.15) is 17.4 Å². The molecule has 1 heterocycles. The molecule has 0 unspecified atom stereocenters. The summed E-state index contributed by atoms with van der Waals surface area (Å²) in [6.07, 6.45) is 0. The molecule has 0 radical (unpaired) electrons. The fraction of sp³-hybridized carbons (Fsp3) is 0.0870. The van der Waals surface area contributed by atoms with E-state index < -0.39 is 0 Å². The molecule has 4 rings (SSSR count). The van der Waals surface area contributed by atoms with Gasteiger partial charge in [-0.25, -0.2) is 9.97 Å². The molecule has 0 aliphatic carbocycles. The summed E-state index contributed by atoms with van der Waals surface area (Å²) in [5.74, 6) is 1.64. The van der Waals surface area contributed by atoms with Gasteiger partial charge in [-0.15, -0.1) is 0 Å². The first kappa shape index (κ1) is 19.4. The van der Waals surface area contributed by atoms with E-state index in [9.17, 15) is 4.79 Å². The molecule has 0 aliphatic rings.